The lowest BCUT2D eigenvalue weighted by molar-refractivity contribution is -0.118. The number of unbranched alkanes of at least 4 members (excludes halogenated alkanes) is 1. The Bertz CT molecular complexity index is 552. The average molecular weight is 329 g/mol. The number of amides is 1. The van der Waals surface area contributed by atoms with Crippen molar-refractivity contribution < 1.29 is 4.79 Å². The van der Waals surface area contributed by atoms with Crippen molar-refractivity contribution in [3.05, 3.63) is 29.3 Å². The van der Waals surface area contributed by atoms with Gasteiger partial charge >= 0.3 is 0 Å². The fraction of sp³-hybridized carbons (Fsp3) is 0.650. The van der Waals surface area contributed by atoms with Gasteiger partial charge < -0.3 is 15.1 Å². The van der Waals surface area contributed by atoms with Crippen molar-refractivity contribution >= 4 is 11.6 Å². The van der Waals surface area contributed by atoms with Crippen LogP contribution in [0.2, 0.25) is 0 Å². The maximum atomic E-state index is 12.5. The third-order valence-corrected chi connectivity index (χ3v) is 5.23. The zero-order valence-corrected chi connectivity index (χ0v) is 15.0. The molecule has 4 nitrogen and oxygen atoms in total. The molecular weight excluding hydrogens is 298 g/mol. The molecule has 4 heteroatoms. The SMILES string of the molecule is CCCCC(=O)N1CCCc2cc(CCN3CCNCC3)ccc21. The Morgan fingerprint density at radius 3 is 2.83 bits per heavy atom. The van der Waals surface area contributed by atoms with Gasteiger partial charge in [-0.2, -0.15) is 0 Å². The molecule has 0 aliphatic carbocycles. The van der Waals surface area contributed by atoms with Gasteiger partial charge in [0, 0.05) is 51.4 Å². The molecule has 3 rings (SSSR count). The summed E-state index contributed by atoms with van der Waals surface area (Å²) in [7, 11) is 0. The molecule has 0 saturated carbocycles. The second-order valence-corrected chi connectivity index (χ2v) is 7.06. The molecule has 132 valence electrons. The largest absolute Gasteiger partial charge is 0.314 e. The number of aryl methyl sites for hydroxylation is 1. The minimum Gasteiger partial charge on any atom is -0.314 e. The molecule has 0 aromatic heterocycles. The Balaban J connectivity index is 1.63. The first-order chi connectivity index (χ1) is 11.8. The maximum Gasteiger partial charge on any atom is 0.226 e. The van der Waals surface area contributed by atoms with E-state index in [1.165, 1.54) is 11.1 Å². The van der Waals surface area contributed by atoms with Crippen LogP contribution >= 0.6 is 0 Å². The highest BCUT2D eigenvalue weighted by molar-refractivity contribution is 5.94. The number of hydrogen-bond acceptors (Lipinski definition) is 3. The predicted octanol–water partition coefficient (Wildman–Crippen LogP) is 2.60. The molecule has 0 radical (unpaired) electrons. The molecule has 1 aromatic rings. The molecule has 2 aliphatic heterocycles. The minimum atomic E-state index is 0.298. The molecule has 1 aromatic carbocycles. The number of piperazine rings is 1. The summed E-state index contributed by atoms with van der Waals surface area (Å²) in [5.74, 6) is 0.298. The summed E-state index contributed by atoms with van der Waals surface area (Å²) in [6.45, 7) is 8.70. The molecular formula is C20H31N3O. The third kappa shape index (κ3) is 4.37. The van der Waals surface area contributed by atoms with Crippen LogP contribution in [0.25, 0.3) is 0 Å². The van der Waals surface area contributed by atoms with Crippen LogP contribution in [0.4, 0.5) is 5.69 Å². The third-order valence-electron chi connectivity index (χ3n) is 5.23. The van der Waals surface area contributed by atoms with Crippen molar-refractivity contribution in [3.8, 4) is 0 Å². The molecule has 2 heterocycles. The van der Waals surface area contributed by atoms with E-state index >= 15 is 0 Å². The standard InChI is InChI=1S/C20H31N3O/c1-2-3-6-20(24)23-12-4-5-18-16-17(7-8-19(18)23)9-13-22-14-10-21-11-15-22/h7-8,16,21H,2-6,9-15H2,1H3. The quantitative estimate of drug-likeness (QED) is 0.871. The first-order valence-corrected chi connectivity index (χ1v) is 9.63. The highest BCUT2D eigenvalue weighted by Crippen LogP contribution is 2.29. The Morgan fingerprint density at radius 1 is 1.21 bits per heavy atom. The number of hydrogen-bond donors (Lipinski definition) is 1. The normalized spacial score (nSPS) is 18.5. The number of carbonyl (C=O) groups is 1. The number of benzene rings is 1. The first kappa shape index (κ1) is 17.4. The zero-order chi connectivity index (χ0) is 16.8. The summed E-state index contributed by atoms with van der Waals surface area (Å²) >= 11 is 0. The topological polar surface area (TPSA) is 35.6 Å². The van der Waals surface area contributed by atoms with Gasteiger partial charge in [-0.25, -0.2) is 0 Å². The van der Waals surface area contributed by atoms with Gasteiger partial charge in [0.1, 0.15) is 0 Å². The highest BCUT2D eigenvalue weighted by Gasteiger charge is 2.22. The van der Waals surface area contributed by atoms with Crippen LogP contribution in [-0.4, -0.2) is 50.1 Å². The molecule has 1 saturated heterocycles. The predicted molar refractivity (Wildman–Crippen MR) is 99.7 cm³/mol. The van der Waals surface area contributed by atoms with Crippen molar-refractivity contribution in [1.29, 1.82) is 0 Å². The fourth-order valence-corrected chi connectivity index (χ4v) is 3.75. The number of nitrogens with one attached hydrogen (secondary N) is 1. The number of nitrogens with zero attached hydrogens (tertiary/aromatic N) is 2. The minimum absolute atomic E-state index is 0.298. The van der Waals surface area contributed by atoms with Gasteiger partial charge in [0.15, 0.2) is 0 Å². The summed E-state index contributed by atoms with van der Waals surface area (Å²) < 4.78 is 0. The summed E-state index contributed by atoms with van der Waals surface area (Å²) in [6, 6.07) is 6.76. The van der Waals surface area contributed by atoms with Crippen LogP contribution in [0.5, 0.6) is 0 Å². The fourth-order valence-electron chi connectivity index (χ4n) is 3.75. The number of rotatable bonds is 6. The van der Waals surface area contributed by atoms with E-state index in [4.69, 9.17) is 0 Å². The van der Waals surface area contributed by atoms with Crippen LogP contribution in [0, 0.1) is 0 Å². The van der Waals surface area contributed by atoms with Crippen molar-refractivity contribution in [3.63, 3.8) is 0 Å². The number of fused-ring (bicyclic) bond motifs is 1. The van der Waals surface area contributed by atoms with Gasteiger partial charge in [0.05, 0.1) is 0 Å². The second kappa shape index (κ2) is 8.63. The Kier molecular flexibility index (Phi) is 6.27. The van der Waals surface area contributed by atoms with Gasteiger partial charge in [-0.3, -0.25) is 4.79 Å². The van der Waals surface area contributed by atoms with Crippen molar-refractivity contribution in [2.75, 3.05) is 44.2 Å². The molecule has 0 unspecified atom stereocenters. The van der Waals surface area contributed by atoms with Gasteiger partial charge in [0.2, 0.25) is 5.91 Å². The van der Waals surface area contributed by atoms with E-state index in [1.54, 1.807) is 0 Å². The Hall–Kier alpha value is -1.39. The van der Waals surface area contributed by atoms with Gasteiger partial charge in [-0.05, 0) is 42.9 Å². The highest BCUT2D eigenvalue weighted by atomic mass is 16.2. The van der Waals surface area contributed by atoms with E-state index < -0.39 is 0 Å². The molecule has 1 N–H and O–H groups in total. The Morgan fingerprint density at radius 2 is 2.04 bits per heavy atom. The molecule has 1 fully saturated rings. The number of carbonyl (C=O) groups excluding carboxylic acids is 1. The average Bonchev–Trinajstić information content (AvgIpc) is 2.64. The van der Waals surface area contributed by atoms with E-state index in [0.29, 0.717) is 12.3 Å². The summed E-state index contributed by atoms with van der Waals surface area (Å²) in [5, 5.41) is 3.40. The van der Waals surface area contributed by atoms with Crippen LogP contribution in [0.1, 0.15) is 43.7 Å². The molecule has 0 spiro atoms. The second-order valence-electron chi connectivity index (χ2n) is 7.06. The van der Waals surface area contributed by atoms with E-state index in [2.05, 4.69) is 35.3 Å². The summed E-state index contributed by atoms with van der Waals surface area (Å²) in [4.78, 5) is 17.0. The van der Waals surface area contributed by atoms with Crippen molar-refractivity contribution in [1.82, 2.24) is 10.2 Å². The molecule has 2 aliphatic rings. The van der Waals surface area contributed by atoms with Crippen LogP contribution in [-0.2, 0) is 17.6 Å². The first-order valence-electron chi connectivity index (χ1n) is 9.63. The smallest absolute Gasteiger partial charge is 0.226 e. The van der Waals surface area contributed by atoms with E-state index in [1.807, 2.05) is 4.90 Å². The van der Waals surface area contributed by atoms with E-state index in [0.717, 1.165) is 77.1 Å². The monoisotopic (exact) mass is 329 g/mol. The van der Waals surface area contributed by atoms with Gasteiger partial charge in [0.25, 0.3) is 0 Å². The van der Waals surface area contributed by atoms with Crippen LogP contribution in [0.15, 0.2) is 18.2 Å². The van der Waals surface area contributed by atoms with E-state index in [9.17, 15) is 4.79 Å². The lowest BCUT2D eigenvalue weighted by atomic mass is 9.97. The zero-order valence-electron chi connectivity index (χ0n) is 15.0. The van der Waals surface area contributed by atoms with Gasteiger partial charge in [-0.1, -0.05) is 25.5 Å². The van der Waals surface area contributed by atoms with E-state index in [-0.39, 0.29) is 0 Å². The lowest BCUT2D eigenvalue weighted by Gasteiger charge is -2.30. The number of anilines is 1. The van der Waals surface area contributed by atoms with Crippen molar-refractivity contribution in [2.45, 2.75) is 45.4 Å². The lowest BCUT2D eigenvalue weighted by Crippen LogP contribution is -2.44. The summed E-state index contributed by atoms with van der Waals surface area (Å²) in [5.41, 5.74) is 3.94. The van der Waals surface area contributed by atoms with Gasteiger partial charge in [-0.15, -0.1) is 0 Å². The van der Waals surface area contributed by atoms with Crippen LogP contribution < -0.4 is 10.2 Å². The molecule has 0 bridgehead atoms. The maximum absolute atomic E-state index is 12.5. The molecule has 0 atom stereocenters. The Labute approximate surface area is 146 Å². The van der Waals surface area contributed by atoms with Crippen molar-refractivity contribution in [2.24, 2.45) is 0 Å². The molecule has 1 amide bonds. The summed E-state index contributed by atoms with van der Waals surface area (Å²) in [6.07, 6.45) is 6.06. The van der Waals surface area contributed by atoms with Crippen LogP contribution in [0.3, 0.4) is 0 Å². The molecule has 24 heavy (non-hydrogen) atoms.